The maximum Gasteiger partial charge on any atom is 0.0608 e. The van der Waals surface area contributed by atoms with Crippen LogP contribution in [-0.4, -0.2) is 41.8 Å². The van der Waals surface area contributed by atoms with Gasteiger partial charge in [-0.1, -0.05) is 20.3 Å². The number of rotatable bonds is 7. The second-order valence-electron chi connectivity index (χ2n) is 6.69. The molecule has 1 fully saturated rings. The number of nitrogens with two attached hydrogens (primary N) is 1. The van der Waals surface area contributed by atoms with E-state index in [1.54, 1.807) is 0 Å². The normalized spacial score (nSPS) is 22.3. The van der Waals surface area contributed by atoms with Crippen LogP contribution in [0.25, 0.3) is 0 Å². The van der Waals surface area contributed by atoms with Crippen molar-refractivity contribution in [3.63, 3.8) is 0 Å². The summed E-state index contributed by atoms with van der Waals surface area (Å²) in [6.07, 6.45) is 5.98. The van der Waals surface area contributed by atoms with E-state index in [0.29, 0.717) is 0 Å². The Labute approximate surface area is 113 Å². The van der Waals surface area contributed by atoms with Crippen LogP contribution < -0.4 is 5.73 Å². The molecule has 3 heteroatoms. The van der Waals surface area contributed by atoms with Crippen molar-refractivity contribution >= 4 is 0 Å². The van der Waals surface area contributed by atoms with E-state index < -0.39 is 0 Å². The van der Waals surface area contributed by atoms with Gasteiger partial charge < -0.3 is 15.7 Å². The standard InChI is InChI=1S/C15H32N2O/c1-13(2)14-6-10-17(11-7-14)9-5-4-8-15(3,16)12-18/h13-14,18H,4-12,16H2,1-3H3. The molecule has 0 saturated carbocycles. The van der Waals surface area contributed by atoms with Gasteiger partial charge in [0.15, 0.2) is 0 Å². The van der Waals surface area contributed by atoms with Crippen molar-refractivity contribution in [3.05, 3.63) is 0 Å². The van der Waals surface area contributed by atoms with E-state index in [0.717, 1.165) is 24.7 Å². The smallest absolute Gasteiger partial charge is 0.0608 e. The number of nitrogens with zero attached hydrogens (tertiary/aromatic N) is 1. The summed E-state index contributed by atoms with van der Waals surface area (Å²) in [5, 5.41) is 9.09. The lowest BCUT2D eigenvalue weighted by Gasteiger charge is -2.34. The molecule has 18 heavy (non-hydrogen) atoms. The van der Waals surface area contributed by atoms with Crippen LogP contribution in [0.3, 0.4) is 0 Å². The molecule has 3 N–H and O–H groups in total. The molecule has 108 valence electrons. The second kappa shape index (κ2) is 7.46. The predicted molar refractivity (Wildman–Crippen MR) is 77.5 cm³/mol. The Balaban J connectivity index is 2.08. The first-order valence-corrected chi connectivity index (χ1v) is 7.57. The lowest BCUT2D eigenvalue weighted by molar-refractivity contribution is 0.152. The molecule has 3 nitrogen and oxygen atoms in total. The van der Waals surface area contributed by atoms with Crippen LogP contribution >= 0.6 is 0 Å². The van der Waals surface area contributed by atoms with Gasteiger partial charge in [0, 0.05) is 5.54 Å². The molecule has 0 amide bonds. The van der Waals surface area contributed by atoms with Crippen LogP contribution in [0.2, 0.25) is 0 Å². The van der Waals surface area contributed by atoms with Gasteiger partial charge in [-0.25, -0.2) is 0 Å². The molecular formula is C15H32N2O. The molecule has 1 saturated heterocycles. The Hall–Kier alpha value is -0.120. The molecular weight excluding hydrogens is 224 g/mol. The van der Waals surface area contributed by atoms with Crippen molar-refractivity contribution in [2.75, 3.05) is 26.2 Å². The van der Waals surface area contributed by atoms with Crippen molar-refractivity contribution in [1.82, 2.24) is 4.90 Å². The molecule has 1 atom stereocenters. The molecule has 0 aromatic rings. The zero-order valence-corrected chi connectivity index (χ0v) is 12.5. The molecule has 1 rings (SSSR count). The molecule has 0 aliphatic carbocycles. The maximum absolute atomic E-state index is 9.09. The van der Waals surface area contributed by atoms with Crippen LogP contribution in [0.1, 0.15) is 52.9 Å². The van der Waals surface area contributed by atoms with E-state index in [9.17, 15) is 0 Å². The lowest BCUT2D eigenvalue weighted by Crippen LogP contribution is -2.40. The predicted octanol–water partition coefficient (Wildman–Crippen LogP) is 2.23. The second-order valence-corrected chi connectivity index (χ2v) is 6.69. The molecule has 0 radical (unpaired) electrons. The fourth-order valence-electron chi connectivity index (χ4n) is 2.79. The van der Waals surface area contributed by atoms with Gasteiger partial charge in [-0.15, -0.1) is 0 Å². The lowest BCUT2D eigenvalue weighted by atomic mass is 9.86. The van der Waals surface area contributed by atoms with Crippen LogP contribution in [0, 0.1) is 11.8 Å². The minimum Gasteiger partial charge on any atom is -0.394 e. The topological polar surface area (TPSA) is 49.5 Å². The Morgan fingerprint density at radius 2 is 1.89 bits per heavy atom. The summed E-state index contributed by atoms with van der Waals surface area (Å²) in [5.74, 6) is 1.78. The van der Waals surface area contributed by atoms with Crippen molar-refractivity contribution in [3.8, 4) is 0 Å². The molecule has 0 aromatic heterocycles. The average molecular weight is 256 g/mol. The zero-order chi connectivity index (χ0) is 13.6. The average Bonchev–Trinajstić information content (AvgIpc) is 2.35. The van der Waals surface area contributed by atoms with Gasteiger partial charge in [0.05, 0.1) is 6.61 Å². The van der Waals surface area contributed by atoms with Gasteiger partial charge in [0.1, 0.15) is 0 Å². The molecule has 0 aromatic carbocycles. The summed E-state index contributed by atoms with van der Waals surface area (Å²) in [6.45, 7) is 10.4. The third-order valence-electron chi connectivity index (χ3n) is 4.41. The van der Waals surface area contributed by atoms with E-state index in [1.807, 2.05) is 6.92 Å². The highest BCUT2D eigenvalue weighted by molar-refractivity contribution is 4.78. The number of aliphatic hydroxyl groups excluding tert-OH is 1. The zero-order valence-electron chi connectivity index (χ0n) is 12.5. The van der Waals surface area contributed by atoms with Crippen LogP contribution in [0.15, 0.2) is 0 Å². The molecule has 1 unspecified atom stereocenters. The maximum atomic E-state index is 9.09. The summed E-state index contributed by atoms with van der Waals surface area (Å²) in [6, 6.07) is 0. The van der Waals surface area contributed by atoms with Gasteiger partial charge in [0.2, 0.25) is 0 Å². The van der Waals surface area contributed by atoms with Crippen molar-refractivity contribution in [1.29, 1.82) is 0 Å². The van der Waals surface area contributed by atoms with Gasteiger partial charge in [-0.05, 0) is 64.1 Å². The van der Waals surface area contributed by atoms with Crippen molar-refractivity contribution in [2.24, 2.45) is 17.6 Å². The molecule has 0 spiro atoms. The number of hydrogen-bond acceptors (Lipinski definition) is 3. The highest BCUT2D eigenvalue weighted by Gasteiger charge is 2.21. The summed E-state index contributed by atoms with van der Waals surface area (Å²) < 4.78 is 0. The summed E-state index contributed by atoms with van der Waals surface area (Å²) in [7, 11) is 0. The first kappa shape index (κ1) is 15.9. The minimum absolute atomic E-state index is 0.0901. The highest BCUT2D eigenvalue weighted by Crippen LogP contribution is 2.24. The Bertz CT molecular complexity index is 221. The first-order valence-electron chi connectivity index (χ1n) is 7.57. The number of aliphatic hydroxyl groups is 1. The Morgan fingerprint density at radius 1 is 1.28 bits per heavy atom. The quantitative estimate of drug-likeness (QED) is 0.687. The van der Waals surface area contributed by atoms with E-state index >= 15 is 0 Å². The molecule has 0 bridgehead atoms. The first-order chi connectivity index (χ1) is 8.44. The monoisotopic (exact) mass is 256 g/mol. The fourth-order valence-corrected chi connectivity index (χ4v) is 2.79. The van der Waals surface area contributed by atoms with Crippen LogP contribution in [-0.2, 0) is 0 Å². The van der Waals surface area contributed by atoms with Gasteiger partial charge in [0.25, 0.3) is 0 Å². The number of piperidine rings is 1. The van der Waals surface area contributed by atoms with E-state index in [4.69, 9.17) is 10.8 Å². The minimum atomic E-state index is -0.384. The summed E-state index contributed by atoms with van der Waals surface area (Å²) >= 11 is 0. The molecule has 1 heterocycles. The SMILES string of the molecule is CC(C)C1CCN(CCCCC(C)(N)CO)CC1. The van der Waals surface area contributed by atoms with Gasteiger partial charge in [-0.3, -0.25) is 0 Å². The van der Waals surface area contributed by atoms with Crippen LogP contribution in [0.4, 0.5) is 0 Å². The number of likely N-dealkylation sites (tertiary alicyclic amines) is 1. The van der Waals surface area contributed by atoms with Crippen LogP contribution in [0.5, 0.6) is 0 Å². The number of hydrogen-bond donors (Lipinski definition) is 2. The van der Waals surface area contributed by atoms with Gasteiger partial charge >= 0.3 is 0 Å². The third kappa shape index (κ3) is 5.68. The van der Waals surface area contributed by atoms with Crippen molar-refractivity contribution in [2.45, 2.75) is 58.4 Å². The summed E-state index contributed by atoms with van der Waals surface area (Å²) in [4.78, 5) is 2.59. The highest BCUT2D eigenvalue weighted by atomic mass is 16.3. The molecule has 1 aliphatic rings. The van der Waals surface area contributed by atoms with Gasteiger partial charge in [-0.2, -0.15) is 0 Å². The van der Waals surface area contributed by atoms with E-state index in [2.05, 4.69) is 18.7 Å². The number of unbranched alkanes of at least 4 members (excludes halogenated alkanes) is 1. The molecule has 1 aliphatic heterocycles. The summed E-state index contributed by atoms with van der Waals surface area (Å²) in [5.41, 5.74) is 5.54. The van der Waals surface area contributed by atoms with E-state index in [-0.39, 0.29) is 12.1 Å². The largest absolute Gasteiger partial charge is 0.394 e. The third-order valence-corrected chi connectivity index (χ3v) is 4.41. The fraction of sp³-hybridized carbons (Fsp3) is 1.00. The van der Waals surface area contributed by atoms with Crippen molar-refractivity contribution < 1.29 is 5.11 Å². The Morgan fingerprint density at radius 3 is 2.39 bits per heavy atom. The van der Waals surface area contributed by atoms with E-state index in [1.165, 1.54) is 38.9 Å². The Kier molecular flexibility index (Phi) is 6.61.